The molecule has 0 aliphatic heterocycles. The second kappa shape index (κ2) is 6.98. The molecule has 2 bridgehead atoms. The van der Waals surface area contributed by atoms with Crippen LogP contribution in [0.25, 0.3) is 0 Å². The van der Waals surface area contributed by atoms with Gasteiger partial charge in [-0.2, -0.15) is 0 Å². The summed E-state index contributed by atoms with van der Waals surface area (Å²) in [6.45, 7) is 3.63. The summed E-state index contributed by atoms with van der Waals surface area (Å²) >= 11 is 0. The van der Waals surface area contributed by atoms with Gasteiger partial charge < -0.3 is 9.47 Å². The number of ketones is 1. The minimum Gasteiger partial charge on any atom is -0.469 e. The van der Waals surface area contributed by atoms with Crippen LogP contribution in [0.4, 0.5) is 0 Å². The van der Waals surface area contributed by atoms with Crippen molar-refractivity contribution < 1.29 is 23.9 Å². The molecule has 0 N–H and O–H groups in total. The van der Waals surface area contributed by atoms with Crippen LogP contribution in [0.15, 0.2) is 18.2 Å². The number of carbonyl (C=O) groups excluding carboxylic acids is 3. The maximum atomic E-state index is 12.5. The van der Waals surface area contributed by atoms with Crippen LogP contribution in [0, 0.1) is 37.5 Å². The minimum absolute atomic E-state index is 0.165. The number of aryl methyl sites for hydroxylation is 2. The number of hydrogen-bond donors (Lipinski definition) is 0. The normalized spacial score (nSPS) is 27.2. The summed E-state index contributed by atoms with van der Waals surface area (Å²) in [6.07, 6.45) is 2.75. The molecule has 0 spiro atoms. The van der Waals surface area contributed by atoms with Gasteiger partial charge in [-0.15, -0.1) is 0 Å². The summed E-state index contributed by atoms with van der Waals surface area (Å²) in [5.74, 6) is -1.54. The number of esters is 2. The highest BCUT2D eigenvalue weighted by Crippen LogP contribution is 2.53. The zero-order valence-electron chi connectivity index (χ0n) is 14.9. The molecule has 1 aromatic rings. The van der Waals surface area contributed by atoms with E-state index in [1.54, 1.807) is 12.1 Å². The Kier molecular flexibility index (Phi) is 4.93. The van der Waals surface area contributed by atoms with Gasteiger partial charge in [0.15, 0.2) is 12.4 Å². The number of carbonyl (C=O) groups is 3. The minimum atomic E-state index is -0.473. The third-order valence-corrected chi connectivity index (χ3v) is 5.84. The van der Waals surface area contributed by atoms with Crippen LogP contribution < -0.4 is 0 Å². The lowest BCUT2D eigenvalue weighted by Gasteiger charge is -2.27. The first kappa shape index (κ1) is 17.6. The quantitative estimate of drug-likeness (QED) is 0.607. The molecule has 2 aliphatic rings. The summed E-state index contributed by atoms with van der Waals surface area (Å²) in [5, 5.41) is 0. The van der Waals surface area contributed by atoms with E-state index in [2.05, 4.69) is 0 Å². The van der Waals surface area contributed by atoms with Gasteiger partial charge >= 0.3 is 11.9 Å². The van der Waals surface area contributed by atoms with Crippen LogP contribution in [0.2, 0.25) is 0 Å². The van der Waals surface area contributed by atoms with Crippen LogP contribution in [0.5, 0.6) is 0 Å². The lowest BCUT2D eigenvalue weighted by molar-refractivity contribution is -0.161. The lowest BCUT2D eigenvalue weighted by Crippen LogP contribution is -2.37. The molecule has 0 aromatic heterocycles. The fourth-order valence-electron chi connectivity index (χ4n) is 4.34. The summed E-state index contributed by atoms with van der Waals surface area (Å²) in [7, 11) is 1.35. The average Bonchev–Trinajstić information content (AvgIpc) is 3.22. The van der Waals surface area contributed by atoms with Gasteiger partial charge in [0.2, 0.25) is 0 Å². The SMILES string of the molecule is COC(=O)[C@H]1[C@@H]2CC[C@H](C2)[C@H]1C(=O)OCC(=O)c1ccc(C)c(C)c1. The Morgan fingerprint density at radius 2 is 1.64 bits per heavy atom. The predicted molar refractivity (Wildman–Crippen MR) is 91.0 cm³/mol. The Labute approximate surface area is 147 Å². The Morgan fingerprint density at radius 1 is 1.00 bits per heavy atom. The maximum Gasteiger partial charge on any atom is 0.310 e. The molecule has 0 saturated heterocycles. The van der Waals surface area contributed by atoms with Gasteiger partial charge in [-0.1, -0.05) is 12.1 Å². The van der Waals surface area contributed by atoms with Gasteiger partial charge in [-0.3, -0.25) is 14.4 Å². The first-order chi connectivity index (χ1) is 11.9. The number of Topliss-reactive ketones (excluding diaryl/α,β-unsaturated/α-hetero) is 1. The van der Waals surface area contributed by atoms with Gasteiger partial charge in [0, 0.05) is 5.56 Å². The smallest absolute Gasteiger partial charge is 0.310 e. The van der Waals surface area contributed by atoms with Crippen LogP contribution in [-0.2, 0) is 19.1 Å². The summed E-state index contributed by atoms with van der Waals surface area (Å²) in [6, 6.07) is 5.43. The van der Waals surface area contributed by atoms with Crippen molar-refractivity contribution in [2.24, 2.45) is 23.7 Å². The van der Waals surface area contributed by atoms with E-state index in [0.717, 1.165) is 30.4 Å². The highest BCUT2D eigenvalue weighted by molar-refractivity contribution is 5.98. The second-order valence-electron chi connectivity index (χ2n) is 7.24. The number of fused-ring (bicyclic) bond motifs is 2. The number of benzene rings is 1. The van der Waals surface area contributed by atoms with Gasteiger partial charge in [0.25, 0.3) is 0 Å². The van der Waals surface area contributed by atoms with Gasteiger partial charge in [0.1, 0.15) is 0 Å². The van der Waals surface area contributed by atoms with Crippen LogP contribution >= 0.6 is 0 Å². The molecule has 0 heterocycles. The molecule has 0 unspecified atom stereocenters. The van der Waals surface area contributed by atoms with Crippen molar-refractivity contribution in [2.75, 3.05) is 13.7 Å². The predicted octanol–water partition coefficient (Wildman–Crippen LogP) is 2.86. The van der Waals surface area contributed by atoms with Crippen molar-refractivity contribution in [3.63, 3.8) is 0 Å². The standard InChI is InChI=1S/C20H24O5/c1-11-4-5-13(8-12(11)2)16(21)10-25-20(23)18-15-7-6-14(9-15)17(18)19(22)24-3/h4-5,8,14-15,17-18H,6-7,9-10H2,1-3H3/t14-,15-,17+,18-/m1/s1. The lowest BCUT2D eigenvalue weighted by atomic mass is 9.79. The topological polar surface area (TPSA) is 69.7 Å². The van der Waals surface area contributed by atoms with Crippen LogP contribution in [-0.4, -0.2) is 31.4 Å². The fraction of sp³-hybridized carbons (Fsp3) is 0.550. The van der Waals surface area contributed by atoms with E-state index in [-0.39, 0.29) is 30.2 Å². The first-order valence-corrected chi connectivity index (χ1v) is 8.77. The molecule has 25 heavy (non-hydrogen) atoms. The summed E-state index contributed by atoms with van der Waals surface area (Å²) in [5.41, 5.74) is 2.67. The zero-order chi connectivity index (χ0) is 18.1. The first-order valence-electron chi connectivity index (χ1n) is 8.77. The van der Waals surface area contributed by atoms with E-state index in [1.165, 1.54) is 7.11 Å². The molecule has 1 aromatic carbocycles. The van der Waals surface area contributed by atoms with Crippen molar-refractivity contribution in [2.45, 2.75) is 33.1 Å². The molecule has 2 fully saturated rings. The Morgan fingerprint density at radius 3 is 2.24 bits per heavy atom. The van der Waals surface area contributed by atoms with E-state index < -0.39 is 17.8 Å². The number of hydrogen-bond acceptors (Lipinski definition) is 5. The Balaban J connectivity index is 1.64. The molecule has 5 nitrogen and oxygen atoms in total. The van der Waals surface area contributed by atoms with E-state index in [1.807, 2.05) is 19.9 Å². The van der Waals surface area contributed by atoms with Gasteiger partial charge in [0.05, 0.1) is 18.9 Å². The zero-order valence-corrected chi connectivity index (χ0v) is 14.9. The molecular formula is C20H24O5. The third kappa shape index (κ3) is 3.32. The molecule has 3 rings (SSSR count). The third-order valence-electron chi connectivity index (χ3n) is 5.84. The Hall–Kier alpha value is -2.17. The van der Waals surface area contributed by atoms with Gasteiger partial charge in [-0.05, 0) is 62.1 Å². The van der Waals surface area contributed by atoms with E-state index >= 15 is 0 Å². The molecular weight excluding hydrogens is 320 g/mol. The van der Waals surface area contributed by atoms with E-state index in [0.29, 0.717) is 5.56 Å². The van der Waals surface area contributed by atoms with E-state index in [4.69, 9.17) is 9.47 Å². The van der Waals surface area contributed by atoms with E-state index in [9.17, 15) is 14.4 Å². The molecule has 2 saturated carbocycles. The van der Waals surface area contributed by atoms with Crippen LogP contribution in [0.3, 0.4) is 0 Å². The average molecular weight is 344 g/mol. The fourth-order valence-corrected chi connectivity index (χ4v) is 4.34. The molecule has 134 valence electrons. The Bertz CT molecular complexity index is 708. The van der Waals surface area contributed by atoms with Gasteiger partial charge in [-0.25, -0.2) is 0 Å². The highest BCUT2D eigenvalue weighted by atomic mass is 16.5. The molecule has 0 radical (unpaired) electrons. The number of methoxy groups -OCH3 is 1. The van der Waals surface area contributed by atoms with Crippen molar-refractivity contribution in [3.8, 4) is 0 Å². The van der Waals surface area contributed by atoms with Crippen molar-refractivity contribution in [1.82, 2.24) is 0 Å². The maximum absolute atomic E-state index is 12.5. The molecule has 5 heteroatoms. The van der Waals surface area contributed by atoms with Crippen LogP contribution in [0.1, 0.15) is 40.7 Å². The largest absolute Gasteiger partial charge is 0.469 e. The monoisotopic (exact) mass is 344 g/mol. The molecule has 4 atom stereocenters. The highest BCUT2D eigenvalue weighted by Gasteiger charge is 2.55. The summed E-state index contributed by atoms with van der Waals surface area (Å²) < 4.78 is 10.2. The molecule has 2 aliphatic carbocycles. The van der Waals surface area contributed by atoms with Crippen molar-refractivity contribution in [3.05, 3.63) is 34.9 Å². The van der Waals surface area contributed by atoms with Crippen molar-refractivity contribution >= 4 is 17.7 Å². The molecule has 0 amide bonds. The number of ether oxygens (including phenoxy) is 2. The second-order valence-corrected chi connectivity index (χ2v) is 7.24. The summed E-state index contributed by atoms with van der Waals surface area (Å²) in [4.78, 5) is 36.9. The van der Waals surface area contributed by atoms with Crippen molar-refractivity contribution in [1.29, 1.82) is 0 Å². The number of rotatable bonds is 5.